The molecule has 0 amide bonds. The van der Waals surface area contributed by atoms with E-state index < -0.39 is 16.4 Å². The van der Waals surface area contributed by atoms with Crippen molar-refractivity contribution in [2.24, 2.45) is 0 Å². The first-order valence-electron chi connectivity index (χ1n) is 3.63. The molecule has 0 N–H and O–H groups in total. The van der Waals surface area contributed by atoms with Gasteiger partial charge in [-0.3, -0.25) is 10.1 Å². The molecular weight excluding hydrogens is 173 g/mol. The summed E-state index contributed by atoms with van der Waals surface area (Å²) in [6, 6.07) is 4.03. The predicted molar refractivity (Wildman–Crippen MR) is 47.8 cm³/mol. The molecule has 1 rings (SSSR count). The summed E-state index contributed by atoms with van der Waals surface area (Å²) in [4.78, 5) is 9.58. The summed E-state index contributed by atoms with van der Waals surface area (Å²) in [6.07, 6.45) is 0. The monoisotopic (exact) mass is 181 g/mol. The number of nitrogens with zero attached hydrogens (tertiary/aromatic N) is 1. The first-order chi connectivity index (χ1) is 6.04. The Balaban J connectivity index is 3.35. The summed E-state index contributed by atoms with van der Waals surface area (Å²) >= 11 is 0. The van der Waals surface area contributed by atoms with E-state index in [0.29, 0.717) is 5.57 Å². The van der Waals surface area contributed by atoms with Crippen LogP contribution >= 0.6 is 0 Å². The minimum absolute atomic E-state index is 0.189. The van der Waals surface area contributed by atoms with Crippen molar-refractivity contribution in [2.45, 2.75) is 6.92 Å². The number of benzene rings is 1. The highest BCUT2D eigenvalue weighted by molar-refractivity contribution is 5.64. The molecule has 3 nitrogen and oxygen atoms in total. The van der Waals surface area contributed by atoms with Crippen molar-refractivity contribution < 1.29 is 9.31 Å². The van der Waals surface area contributed by atoms with Gasteiger partial charge in [-0.15, -0.1) is 0 Å². The van der Waals surface area contributed by atoms with E-state index in [2.05, 4.69) is 6.58 Å². The Morgan fingerprint density at radius 1 is 1.62 bits per heavy atom. The first kappa shape index (κ1) is 9.38. The molecule has 0 aliphatic rings. The van der Waals surface area contributed by atoms with Crippen LogP contribution in [0, 0.1) is 15.9 Å². The molecule has 0 atom stereocenters. The molecule has 68 valence electrons. The Morgan fingerprint density at radius 3 is 2.69 bits per heavy atom. The molecule has 0 saturated carbocycles. The predicted octanol–water partition coefficient (Wildman–Crippen LogP) is 2.77. The van der Waals surface area contributed by atoms with Crippen LogP contribution in [0.1, 0.15) is 12.5 Å². The molecule has 0 radical (unpaired) electrons. The van der Waals surface area contributed by atoms with Gasteiger partial charge in [-0.1, -0.05) is 18.7 Å². The smallest absolute Gasteiger partial charge is 0.258 e. The van der Waals surface area contributed by atoms with E-state index in [0.717, 1.165) is 6.07 Å². The molecule has 0 saturated heterocycles. The van der Waals surface area contributed by atoms with Gasteiger partial charge >= 0.3 is 5.69 Å². The Kier molecular flexibility index (Phi) is 2.41. The lowest BCUT2D eigenvalue weighted by Crippen LogP contribution is -1.95. The van der Waals surface area contributed by atoms with Crippen molar-refractivity contribution in [3.05, 3.63) is 46.3 Å². The number of halogens is 1. The van der Waals surface area contributed by atoms with Crippen LogP contribution in [-0.2, 0) is 0 Å². The van der Waals surface area contributed by atoms with E-state index in [9.17, 15) is 14.5 Å². The fraction of sp³-hybridized carbons (Fsp3) is 0.111. The van der Waals surface area contributed by atoms with Gasteiger partial charge in [-0.2, -0.15) is 4.39 Å². The topological polar surface area (TPSA) is 43.1 Å². The van der Waals surface area contributed by atoms with E-state index >= 15 is 0 Å². The van der Waals surface area contributed by atoms with Crippen molar-refractivity contribution in [1.82, 2.24) is 0 Å². The molecule has 13 heavy (non-hydrogen) atoms. The van der Waals surface area contributed by atoms with Crippen molar-refractivity contribution in [1.29, 1.82) is 0 Å². The lowest BCUT2D eigenvalue weighted by molar-refractivity contribution is -0.387. The van der Waals surface area contributed by atoms with Crippen LogP contribution in [0.25, 0.3) is 5.57 Å². The zero-order valence-electron chi connectivity index (χ0n) is 7.08. The number of nitro groups is 1. The standard InChI is InChI=1S/C9H8FNO2/c1-6(2)7-4-3-5-8(9(7)10)11(12)13/h3-5H,1H2,2H3. The summed E-state index contributed by atoms with van der Waals surface area (Å²) in [5.41, 5.74) is 0.149. The molecule has 0 aliphatic carbocycles. The number of rotatable bonds is 2. The summed E-state index contributed by atoms with van der Waals surface area (Å²) < 4.78 is 13.3. The zero-order valence-corrected chi connectivity index (χ0v) is 7.08. The number of nitro benzene ring substituents is 1. The SMILES string of the molecule is C=C(C)c1cccc([N+](=O)[O-])c1F. The number of hydrogen-bond acceptors (Lipinski definition) is 2. The molecule has 0 aliphatic heterocycles. The quantitative estimate of drug-likeness (QED) is 0.520. The lowest BCUT2D eigenvalue weighted by Gasteiger charge is -2.01. The Labute approximate surface area is 74.7 Å². The van der Waals surface area contributed by atoms with Gasteiger partial charge in [0, 0.05) is 11.6 Å². The second-order valence-corrected chi connectivity index (χ2v) is 2.68. The Morgan fingerprint density at radius 2 is 2.23 bits per heavy atom. The summed E-state index contributed by atoms with van der Waals surface area (Å²) in [5.74, 6) is -0.819. The van der Waals surface area contributed by atoms with Gasteiger partial charge in [0.2, 0.25) is 5.82 Å². The second kappa shape index (κ2) is 3.35. The van der Waals surface area contributed by atoms with Crippen LogP contribution in [0.15, 0.2) is 24.8 Å². The average molecular weight is 181 g/mol. The minimum atomic E-state index is -0.819. The normalized spacial score (nSPS) is 9.69. The summed E-state index contributed by atoms with van der Waals surface area (Å²) in [7, 11) is 0. The summed E-state index contributed by atoms with van der Waals surface area (Å²) in [5, 5.41) is 10.3. The van der Waals surface area contributed by atoms with E-state index in [4.69, 9.17) is 0 Å². The molecule has 0 aromatic heterocycles. The highest BCUT2D eigenvalue weighted by Crippen LogP contribution is 2.24. The number of hydrogen-bond donors (Lipinski definition) is 0. The van der Waals surface area contributed by atoms with Crippen LogP contribution in [0.3, 0.4) is 0 Å². The highest BCUT2D eigenvalue weighted by atomic mass is 19.1. The Hall–Kier alpha value is -1.71. The molecule has 0 unspecified atom stereocenters. The maximum Gasteiger partial charge on any atom is 0.305 e. The summed E-state index contributed by atoms with van der Waals surface area (Å²) in [6.45, 7) is 5.12. The lowest BCUT2D eigenvalue weighted by atomic mass is 10.1. The third kappa shape index (κ3) is 1.72. The molecule has 4 heteroatoms. The third-order valence-corrected chi connectivity index (χ3v) is 1.63. The third-order valence-electron chi connectivity index (χ3n) is 1.63. The fourth-order valence-corrected chi connectivity index (χ4v) is 0.990. The molecular formula is C9H8FNO2. The van der Waals surface area contributed by atoms with Gasteiger partial charge < -0.3 is 0 Å². The van der Waals surface area contributed by atoms with Crippen molar-refractivity contribution in [2.75, 3.05) is 0 Å². The first-order valence-corrected chi connectivity index (χ1v) is 3.63. The van der Waals surface area contributed by atoms with Gasteiger partial charge in [0.1, 0.15) is 0 Å². The van der Waals surface area contributed by atoms with Crippen LogP contribution in [0.4, 0.5) is 10.1 Å². The molecule has 0 spiro atoms. The van der Waals surface area contributed by atoms with Gasteiger partial charge in [0.05, 0.1) is 4.92 Å². The van der Waals surface area contributed by atoms with Crippen molar-refractivity contribution in [3.8, 4) is 0 Å². The maximum atomic E-state index is 13.3. The number of allylic oxidation sites excluding steroid dienone is 1. The second-order valence-electron chi connectivity index (χ2n) is 2.68. The van der Waals surface area contributed by atoms with Crippen LogP contribution in [0.2, 0.25) is 0 Å². The van der Waals surface area contributed by atoms with E-state index in [1.807, 2.05) is 0 Å². The zero-order chi connectivity index (χ0) is 10.0. The molecule has 1 aromatic rings. The average Bonchev–Trinajstić information content (AvgIpc) is 2.03. The van der Waals surface area contributed by atoms with Gasteiger partial charge in [0.25, 0.3) is 0 Å². The molecule has 0 bridgehead atoms. The fourth-order valence-electron chi connectivity index (χ4n) is 0.990. The van der Waals surface area contributed by atoms with E-state index in [1.165, 1.54) is 12.1 Å². The van der Waals surface area contributed by atoms with Crippen molar-refractivity contribution in [3.63, 3.8) is 0 Å². The highest BCUT2D eigenvalue weighted by Gasteiger charge is 2.16. The van der Waals surface area contributed by atoms with Crippen LogP contribution < -0.4 is 0 Å². The molecule has 0 heterocycles. The minimum Gasteiger partial charge on any atom is -0.258 e. The van der Waals surface area contributed by atoms with Crippen LogP contribution in [-0.4, -0.2) is 4.92 Å². The van der Waals surface area contributed by atoms with Crippen molar-refractivity contribution >= 4 is 11.3 Å². The van der Waals surface area contributed by atoms with E-state index in [-0.39, 0.29) is 5.56 Å². The van der Waals surface area contributed by atoms with Crippen LogP contribution in [0.5, 0.6) is 0 Å². The Bertz CT molecular complexity index is 342. The maximum absolute atomic E-state index is 13.3. The van der Waals surface area contributed by atoms with E-state index in [1.54, 1.807) is 6.92 Å². The largest absolute Gasteiger partial charge is 0.305 e. The van der Waals surface area contributed by atoms with Gasteiger partial charge in [-0.25, -0.2) is 0 Å². The van der Waals surface area contributed by atoms with Gasteiger partial charge in [0.15, 0.2) is 0 Å². The molecule has 1 aromatic carbocycles. The van der Waals surface area contributed by atoms with Gasteiger partial charge in [-0.05, 0) is 12.5 Å². The molecule has 0 fully saturated rings.